The van der Waals surface area contributed by atoms with Gasteiger partial charge in [0.05, 0.1) is 12.7 Å². The van der Waals surface area contributed by atoms with Gasteiger partial charge in [-0.3, -0.25) is 4.90 Å². The quantitative estimate of drug-likeness (QED) is 0.741. The van der Waals surface area contributed by atoms with Crippen LogP contribution in [0.15, 0.2) is 18.2 Å². The van der Waals surface area contributed by atoms with Crippen molar-refractivity contribution in [2.75, 3.05) is 20.2 Å². The van der Waals surface area contributed by atoms with E-state index in [-0.39, 0.29) is 0 Å². The SMILES string of the molecule is CCCN(CCC)Cc1ccc(C#N)c(OC)c1. The van der Waals surface area contributed by atoms with Crippen LogP contribution in [0, 0.1) is 11.3 Å². The van der Waals surface area contributed by atoms with E-state index >= 15 is 0 Å². The second kappa shape index (κ2) is 7.73. The Morgan fingerprint density at radius 1 is 1.22 bits per heavy atom. The van der Waals surface area contributed by atoms with Gasteiger partial charge in [-0.1, -0.05) is 19.9 Å². The van der Waals surface area contributed by atoms with Crippen molar-refractivity contribution in [3.63, 3.8) is 0 Å². The fourth-order valence-corrected chi connectivity index (χ4v) is 2.09. The molecule has 0 aliphatic carbocycles. The highest BCUT2D eigenvalue weighted by Crippen LogP contribution is 2.20. The van der Waals surface area contributed by atoms with Gasteiger partial charge in [0, 0.05) is 6.54 Å². The Hall–Kier alpha value is -1.53. The van der Waals surface area contributed by atoms with Gasteiger partial charge in [-0.25, -0.2) is 0 Å². The zero-order chi connectivity index (χ0) is 13.4. The molecule has 1 aromatic rings. The minimum Gasteiger partial charge on any atom is -0.495 e. The average Bonchev–Trinajstić information content (AvgIpc) is 2.39. The average molecular weight is 246 g/mol. The summed E-state index contributed by atoms with van der Waals surface area (Å²) in [4.78, 5) is 2.43. The lowest BCUT2D eigenvalue weighted by Crippen LogP contribution is -2.24. The minimum absolute atomic E-state index is 0.596. The molecule has 18 heavy (non-hydrogen) atoms. The van der Waals surface area contributed by atoms with E-state index in [0.717, 1.165) is 32.5 Å². The predicted molar refractivity (Wildman–Crippen MR) is 73.6 cm³/mol. The normalized spacial score (nSPS) is 10.4. The third kappa shape index (κ3) is 4.05. The minimum atomic E-state index is 0.596. The maximum atomic E-state index is 8.95. The van der Waals surface area contributed by atoms with Crippen molar-refractivity contribution in [1.29, 1.82) is 5.26 Å². The summed E-state index contributed by atoms with van der Waals surface area (Å²) >= 11 is 0. The third-order valence-corrected chi connectivity index (χ3v) is 2.87. The van der Waals surface area contributed by atoms with Gasteiger partial charge < -0.3 is 4.74 Å². The molecule has 1 rings (SSSR count). The number of benzene rings is 1. The van der Waals surface area contributed by atoms with E-state index in [0.29, 0.717) is 11.3 Å². The number of hydrogen-bond donors (Lipinski definition) is 0. The molecular weight excluding hydrogens is 224 g/mol. The molecule has 0 radical (unpaired) electrons. The molecular formula is C15H22N2O. The number of ether oxygens (including phenoxy) is 1. The van der Waals surface area contributed by atoms with Gasteiger partial charge in [0.1, 0.15) is 11.8 Å². The Bertz CT molecular complexity index is 403. The summed E-state index contributed by atoms with van der Waals surface area (Å²) in [6, 6.07) is 7.96. The van der Waals surface area contributed by atoms with Crippen LogP contribution in [0.3, 0.4) is 0 Å². The molecule has 0 spiro atoms. The molecule has 0 heterocycles. The number of nitriles is 1. The second-order valence-corrected chi connectivity index (χ2v) is 4.42. The standard InChI is InChI=1S/C15H22N2O/c1-4-8-17(9-5-2)12-13-6-7-14(11-16)15(10-13)18-3/h6-7,10H,4-5,8-9,12H2,1-3H3. The number of methoxy groups -OCH3 is 1. The molecule has 0 fully saturated rings. The first-order valence-electron chi connectivity index (χ1n) is 6.54. The highest BCUT2D eigenvalue weighted by atomic mass is 16.5. The van der Waals surface area contributed by atoms with Crippen molar-refractivity contribution in [1.82, 2.24) is 4.90 Å². The smallest absolute Gasteiger partial charge is 0.136 e. The summed E-state index contributed by atoms with van der Waals surface area (Å²) < 4.78 is 5.24. The summed E-state index contributed by atoms with van der Waals surface area (Å²) in [5.41, 5.74) is 1.80. The lowest BCUT2D eigenvalue weighted by atomic mass is 10.1. The summed E-state index contributed by atoms with van der Waals surface area (Å²) in [6.07, 6.45) is 2.32. The fourth-order valence-electron chi connectivity index (χ4n) is 2.09. The first-order chi connectivity index (χ1) is 8.74. The van der Waals surface area contributed by atoms with Gasteiger partial charge in [-0.05, 0) is 43.6 Å². The Morgan fingerprint density at radius 2 is 1.89 bits per heavy atom. The second-order valence-electron chi connectivity index (χ2n) is 4.42. The van der Waals surface area contributed by atoms with E-state index in [1.807, 2.05) is 18.2 Å². The van der Waals surface area contributed by atoms with Crippen LogP contribution in [-0.4, -0.2) is 25.1 Å². The van der Waals surface area contributed by atoms with Gasteiger partial charge >= 0.3 is 0 Å². The number of hydrogen-bond acceptors (Lipinski definition) is 3. The fraction of sp³-hybridized carbons (Fsp3) is 0.533. The van der Waals surface area contributed by atoms with E-state index in [9.17, 15) is 0 Å². The van der Waals surface area contributed by atoms with E-state index < -0.39 is 0 Å². The molecule has 1 aromatic carbocycles. The summed E-state index contributed by atoms with van der Waals surface area (Å²) in [6.45, 7) is 7.53. The molecule has 0 bridgehead atoms. The van der Waals surface area contributed by atoms with Gasteiger partial charge in [0.2, 0.25) is 0 Å². The monoisotopic (exact) mass is 246 g/mol. The van der Waals surface area contributed by atoms with Crippen molar-refractivity contribution in [3.05, 3.63) is 29.3 Å². The number of rotatable bonds is 7. The summed E-state index contributed by atoms with van der Waals surface area (Å²) in [7, 11) is 1.61. The largest absolute Gasteiger partial charge is 0.495 e. The van der Waals surface area contributed by atoms with Crippen LogP contribution in [0.4, 0.5) is 0 Å². The summed E-state index contributed by atoms with van der Waals surface area (Å²) in [5, 5.41) is 8.95. The molecule has 3 nitrogen and oxygen atoms in total. The van der Waals surface area contributed by atoms with Crippen LogP contribution in [-0.2, 0) is 6.54 Å². The van der Waals surface area contributed by atoms with Crippen molar-refractivity contribution in [3.8, 4) is 11.8 Å². The first-order valence-corrected chi connectivity index (χ1v) is 6.54. The Morgan fingerprint density at radius 3 is 2.39 bits per heavy atom. The van der Waals surface area contributed by atoms with Gasteiger partial charge in [0.15, 0.2) is 0 Å². The van der Waals surface area contributed by atoms with Crippen LogP contribution in [0.5, 0.6) is 5.75 Å². The van der Waals surface area contributed by atoms with E-state index in [1.165, 1.54) is 5.56 Å². The van der Waals surface area contributed by atoms with E-state index in [1.54, 1.807) is 7.11 Å². The van der Waals surface area contributed by atoms with Crippen LogP contribution < -0.4 is 4.74 Å². The van der Waals surface area contributed by atoms with Gasteiger partial charge in [-0.2, -0.15) is 5.26 Å². The van der Waals surface area contributed by atoms with Crippen molar-refractivity contribution < 1.29 is 4.74 Å². The highest BCUT2D eigenvalue weighted by Gasteiger charge is 2.07. The predicted octanol–water partition coefficient (Wildman–Crippen LogP) is 3.19. The Labute approximate surface area is 110 Å². The molecule has 98 valence electrons. The molecule has 0 amide bonds. The Kier molecular flexibility index (Phi) is 6.24. The molecule has 0 unspecified atom stereocenters. The molecule has 0 aliphatic rings. The molecule has 0 saturated heterocycles. The molecule has 3 heteroatoms. The number of nitrogens with zero attached hydrogens (tertiary/aromatic N) is 2. The van der Waals surface area contributed by atoms with E-state index in [4.69, 9.17) is 10.00 Å². The Balaban J connectivity index is 2.80. The maximum absolute atomic E-state index is 8.95. The molecule has 0 N–H and O–H groups in total. The molecule has 0 aliphatic heterocycles. The van der Waals surface area contributed by atoms with Crippen LogP contribution in [0.25, 0.3) is 0 Å². The van der Waals surface area contributed by atoms with Crippen LogP contribution in [0.2, 0.25) is 0 Å². The van der Waals surface area contributed by atoms with Crippen molar-refractivity contribution >= 4 is 0 Å². The van der Waals surface area contributed by atoms with Crippen molar-refractivity contribution in [2.24, 2.45) is 0 Å². The molecule has 0 atom stereocenters. The van der Waals surface area contributed by atoms with Gasteiger partial charge in [-0.15, -0.1) is 0 Å². The molecule has 0 saturated carbocycles. The highest BCUT2D eigenvalue weighted by molar-refractivity contribution is 5.45. The van der Waals surface area contributed by atoms with Gasteiger partial charge in [0.25, 0.3) is 0 Å². The van der Waals surface area contributed by atoms with E-state index in [2.05, 4.69) is 24.8 Å². The lowest BCUT2D eigenvalue weighted by Gasteiger charge is -2.21. The van der Waals surface area contributed by atoms with Crippen molar-refractivity contribution in [2.45, 2.75) is 33.2 Å². The lowest BCUT2D eigenvalue weighted by molar-refractivity contribution is 0.266. The third-order valence-electron chi connectivity index (χ3n) is 2.87. The molecule has 0 aromatic heterocycles. The first kappa shape index (κ1) is 14.5. The zero-order valence-electron chi connectivity index (χ0n) is 11.6. The van der Waals surface area contributed by atoms with Crippen LogP contribution in [0.1, 0.15) is 37.8 Å². The maximum Gasteiger partial charge on any atom is 0.136 e. The summed E-state index contributed by atoms with van der Waals surface area (Å²) in [5.74, 6) is 0.669. The zero-order valence-corrected chi connectivity index (χ0v) is 11.6. The topological polar surface area (TPSA) is 36.3 Å². The van der Waals surface area contributed by atoms with Crippen LogP contribution >= 0.6 is 0 Å².